The summed E-state index contributed by atoms with van der Waals surface area (Å²) in [6, 6.07) is -0.409. The van der Waals surface area contributed by atoms with Gasteiger partial charge in [-0.2, -0.15) is 0 Å². The topological polar surface area (TPSA) is 62.3 Å². The quantitative estimate of drug-likeness (QED) is 0.928. The summed E-state index contributed by atoms with van der Waals surface area (Å²) in [5.41, 5.74) is 1.02. The Morgan fingerprint density at radius 2 is 2.10 bits per heavy atom. The Bertz CT molecular complexity index is 545. The predicted octanol–water partition coefficient (Wildman–Crippen LogP) is 1.92. The lowest BCUT2D eigenvalue weighted by Crippen LogP contribution is -2.59. The van der Waals surface area contributed by atoms with Crippen LogP contribution in [0, 0.1) is 5.92 Å². The number of hydrogen-bond acceptors (Lipinski definition) is 4. The Labute approximate surface area is 129 Å². The van der Waals surface area contributed by atoms with E-state index in [9.17, 15) is 9.59 Å². The molecule has 6 heteroatoms. The highest BCUT2D eigenvalue weighted by atomic mass is 32.1. The van der Waals surface area contributed by atoms with E-state index in [1.165, 1.54) is 0 Å². The van der Waals surface area contributed by atoms with Crippen molar-refractivity contribution >= 4 is 23.2 Å². The summed E-state index contributed by atoms with van der Waals surface area (Å²) in [6.45, 7) is 10.7. The SMILES string of the molecule is CC(C)C1C(=O)NCC(=O)N1Cc1nc(C(C)(C)C)cs1. The van der Waals surface area contributed by atoms with Crippen LogP contribution in [-0.4, -0.2) is 34.3 Å². The van der Waals surface area contributed by atoms with Crippen LogP contribution in [0.2, 0.25) is 0 Å². The molecule has 5 nitrogen and oxygen atoms in total. The Balaban J connectivity index is 2.21. The van der Waals surface area contributed by atoms with Crippen molar-refractivity contribution in [1.82, 2.24) is 15.2 Å². The van der Waals surface area contributed by atoms with E-state index in [0.29, 0.717) is 6.54 Å². The number of carbonyl (C=O) groups is 2. The monoisotopic (exact) mass is 309 g/mol. The largest absolute Gasteiger partial charge is 0.345 e. The van der Waals surface area contributed by atoms with Crippen LogP contribution in [-0.2, 0) is 21.5 Å². The fraction of sp³-hybridized carbons (Fsp3) is 0.667. The molecule has 1 N–H and O–H groups in total. The molecule has 1 aliphatic rings. The minimum absolute atomic E-state index is 0.00448. The van der Waals surface area contributed by atoms with Gasteiger partial charge in [-0.05, 0) is 5.92 Å². The number of nitrogens with one attached hydrogen (secondary N) is 1. The van der Waals surface area contributed by atoms with E-state index < -0.39 is 6.04 Å². The Morgan fingerprint density at radius 1 is 1.43 bits per heavy atom. The van der Waals surface area contributed by atoms with Gasteiger partial charge in [-0.1, -0.05) is 34.6 Å². The summed E-state index contributed by atoms with van der Waals surface area (Å²) in [5, 5.41) is 5.58. The molecule has 0 aliphatic carbocycles. The molecule has 2 amide bonds. The molecule has 116 valence electrons. The fourth-order valence-electron chi connectivity index (χ4n) is 2.39. The van der Waals surface area contributed by atoms with E-state index in [4.69, 9.17) is 0 Å². The van der Waals surface area contributed by atoms with Gasteiger partial charge < -0.3 is 10.2 Å². The van der Waals surface area contributed by atoms with Crippen molar-refractivity contribution in [2.45, 2.75) is 52.6 Å². The molecule has 1 atom stereocenters. The lowest BCUT2D eigenvalue weighted by atomic mass is 9.93. The number of rotatable bonds is 3. The first-order valence-corrected chi connectivity index (χ1v) is 8.10. The first-order chi connectivity index (χ1) is 9.70. The molecule has 0 saturated carbocycles. The summed E-state index contributed by atoms with van der Waals surface area (Å²) in [6.07, 6.45) is 0. The third-order valence-corrected chi connectivity index (χ3v) is 4.43. The summed E-state index contributed by atoms with van der Waals surface area (Å²) in [4.78, 5) is 30.5. The molecule has 1 saturated heterocycles. The number of aromatic nitrogens is 1. The molecule has 0 radical (unpaired) electrons. The van der Waals surface area contributed by atoms with Crippen LogP contribution in [0.15, 0.2) is 5.38 Å². The third kappa shape index (κ3) is 3.43. The molecule has 1 unspecified atom stereocenters. The van der Waals surface area contributed by atoms with Crippen LogP contribution in [0.1, 0.15) is 45.3 Å². The maximum absolute atomic E-state index is 12.2. The number of amides is 2. The molecule has 0 spiro atoms. The Hall–Kier alpha value is -1.43. The third-order valence-electron chi connectivity index (χ3n) is 3.60. The minimum atomic E-state index is -0.409. The molecule has 1 aliphatic heterocycles. The van der Waals surface area contributed by atoms with Crippen LogP contribution in [0.25, 0.3) is 0 Å². The van der Waals surface area contributed by atoms with Crippen molar-refractivity contribution in [2.75, 3.05) is 6.54 Å². The molecule has 0 aromatic carbocycles. The van der Waals surface area contributed by atoms with Gasteiger partial charge in [0.2, 0.25) is 11.8 Å². The van der Waals surface area contributed by atoms with Gasteiger partial charge in [-0.25, -0.2) is 4.98 Å². The van der Waals surface area contributed by atoms with E-state index >= 15 is 0 Å². The van der Waals surface area contributed by atoms with Gasteiger partial charge in [0.05, 0.1) is 18.8 Å². The van der Waals surface area contributed by atoms with Crippen molar-refractivity contribution in [3.8, 4) is 0 Å². The maximum atomic E-state index is 12.2. The highest BCUT2D eigenvalue weighted by molar-refractivity contribution is 7.09. The van der Waals surface area contributed by atoms with Crippen molar-refractivity contribution < 1.29 is 9.59 Å². The number of carbonyl (C=O) groups excluding carboxylic acids is 2. The van der Waals surface area contributed by atoms with Gasteiger partial charge >= 0.3 is 0 Å². The molecule has 2 rings (SSSR count). The average Bonchev–Trinajstić information content (AvgIpc) is 2.82. The highest BCUT2D eigenvalue weighted by Gasteiger charge is 2.37. The predicted molar refractivity (Wildman–Crippen MR) is 83.0 cm³/mol. The molecule has 21 heavy (non-hydrogen) atoms. The van der Waals surface area contributed by atoms with E-state index in [2.05, 4.69) is 31.1 Å². The van der Waals surface area contributed by atoms with Crippen molar-refractivity contribution in [1.29, 1.82) is 0 Å². The molecule has 1 aromatic heterocycles. The number of piperazine rings is 1. The standard InChI is InChI=1S/C15H23N3O2S/c1-9(2)13-14(20)16-6-12(19)18(13)7-11-17-10(8-21-11)15(3,4)5/h8-9,13H,6-7H2,1-5H3,(H,16,20). The number of thiazole rings is 1. The molecular formula is C15H23N3O2S. The van der Waals surface area contributed by atoms with Gasteiger partial charge in [0.15, 0.2) is 0 Å². The second kappa shape index (κ2) is 5.75. The van der Waals surface area contributed by atoms with E-state index in [0.717, 1.165) is 10.7 Å². The summed E-state index contributed by atoms with van der Waals surface area (Å²) < 4.78 is 0. The lowest BCUT2D eigenvalue weighted by Gasteiger charge is -2.36. The second-order valence-electron chi connectivity index (χ2n) is 6.80. The summed E-state index contributed by atoms with van der Waals surface area (Å²) >= 11 is 1.55. The Morgan fingerprint density at radius 3 is 2.62 bits per heavy atom. The van der Waals surface area contributed by atoms with E-state index in [-0.39, 0.29) is 29.7 Å². The number of nitrogens with zero attached hydrogens (tertiary/aromatic N) is 2. The normalized spacial score (nSPS) is 20.1. The van der Waals surface area contributed by atoms with E-state index in [1.54, 1.807) is 16.2 Å². The smallest absolute Gasteiger partial charge is 0.243 e. The van der Waals surface area contributed by atoms with Crippen LogP contribution in [0.3, 0.4) is 0 Å². The van der Waals surface area contributed by atoms with Gasteiger partial charge in [0, 0.05) is 10.8 Å². The first kappa shape index (κ1) is 15.9. The maximum Gasteiger partial charge on any atom is 0.243 e. The highest BCUT2D eigenvalue weighted by Crippen LogP contribution is 2.26. The van der Waals surface area contributed by atoms with Crippen molar-refractivity contribution in [3.05, 3.63) is 16.1 Å². The minimum Gasteiger partial charge on any atom is -0.345 e. The van der Waals surface area contributed by atoms with Crippen LogP contribution >= 0.6 is 11.3 Å². The molecular weight excluding hydrogens is 286 g/mol. The molecule has 2 heterocycles. The van der Waals surface area contributed by atoms with Gasteiger partial charge in [-0.15, -0.1) is 11.3 Å². The zero-order valence-electron chi connectivity index (χ0n) is 13.3. The molecule has 0 bridgehead atoms. The Kier molecular flexibility index (Phi) is 4.37. The summed E-state index contributed by atoms with van der Waals surface area (Å²) in [7, 11) is 0. The van der Waals surface area contributed by atoms with Crippen molar-refractivity contribution in [2.24, 2.45) is 5.92 Å². The van der Waals surface area contributed by atoms with Crippen LogP contribution in [0.5, 0.6) is 0 Å². The van der Waals surface area contributed by atoms with Gasteiger partial charge in [0.1, 0.15) is 11.0 Å². The van der Waals surface area contributed by atoms with Crippen molar-refractivity contribution in [3.63, 3.8) is 0 Å². The van der Waals surface area contributed by atoms with Gasteiger partial charge in [0.25, 0.3) is 0 Å². The summed E-state index contributed by atoms with van der Waals surface area (Å²) in [5.74, 6) is -0.0330. The van der Waals surface area contributed by atoms with Crippen LogP contribution < -0.4 is 5.32 Å². The van der Waals surface area contributed by atoms with Crippen LogP contribution in [0.4, 0.5) is 0 Å². The molecule has 1 fully saturated rings. The zero-order valence-corrected chi connectivity index (χ0v) is 14.1. The van der Waals surface area contributed by atoms with E-state index in [1.807, 2.05) is 19.2 Å². The van der Waals surface area contributed by atoms with Gasteiger partial charge in [-0.3, -0.25) is 9.59 Å². The zero-order chi connectivity index (χ0) is 15.8. The average molecular weight is 309 g/mol. The fourth-order valence-corrected chi connectivity index (χ4v) is 3.41. The lowest BCUT2D eigenvalue weighted by molar-refractivity contribution is -0.148. The molecule has 1 aromatic rings. The second-order valence-corrected chi connectivity index (χ2v) is 7.75. The first-order valence-electron chi connectivity index (χ1n) is 7.22. The number of hydrogen-bond donors (Lipinski definition) is 1.